The van der Waals surface area contributed by atoms with Crippen molar-refractivity contribution in [1.29, 1.82) is 0 Å². The van der Waals surface area contributed by atoms with Gasteiger partial charge in [-0.1, -0.05) is 31.2 Å². The van der Waals surface area contributed by atoms with Crippen molar-refractivity contribution < 1.29 is 73.7 Å². The Hall–Kier alpha value is 0.442. The predicted octanol–water partition coefficient (Wildman–Crippen LogP) is 2.28. The van der Waals surface area contributed by atoms with Crippen LogP contribution in [0.3, 0.4) is 0 Å². The third-order valence-electron chi connectivity index (χ3n) is 4.66. The summed E-state index contributed by atoms with van der Waals surface area (Å²) in [5.74, 6) is 0.222. The smallest absolute Gasteiger partial charge is 0.358 e. The summed E-state index contributed by atoms with van der Waals surface area (Å²) in [6, 6.07) is 8.74. The van der Waals surface area contributed by atoms with Crippen molar-refractivity contribution in [2.45, 2.75) is 40.0 Å². The van der Waals surface area contributed by atoms with E-state index in [1.807, 2.05) is 4.90 Å². The fraction of sp³-hybridized carbons (Fsp3) is 0.400. The summed E-state index contributed by atoms with van der Waals surface area (Å²) < 4.78 is 0. The first-order chi connectivity index (χ1) is 10.6. The summed E-state index contributed by atoms with van der Waals surface area (Å²) in [4.78, 5) is 16.9. The van der Waals surface area contributed by atoms with Crippen LogP contribution in [-0.4, -0.2) is 23.9 Å². The van der Waals surface area contributed by atoms with Gasteiger partial charge in [-0.05, 0) is 55.4 Å². The molecule has 0 N–H and O–H groups in total. The third kappa shape index (κ3) is 4.58. The number of amides is 1. The molecule has 2 aromatic rings. The van der Waals surface area contributed by atoms with E-state index in [1.165, 1.54) is 21.6 Å². The Balaban J connectivity index is 0.00000144. The van der Waals surface area contributed by atoms with E-state index in [4.69, 9.17) is 0 Å². The first-order valence-electron chi connectivity index (χ1n) is 8.10. The normalized spacial score (nSPS) is 13.4. The molecule has 0 radical (unpaired) electrons. The second kappa shape index (κ2) is 9.95. The van der Waals surface area contributed by atoms with Gasteiger partial charge in [0.2, 0.25) is 0 Å². The molecule has 1 saturated heterocycles. The van der Waals surface area contributed by atoms with Crippen molar-refractivity contribution in [1.82, 2.24) is 4.90 Å². The van der Waals surface area contributed by atoms with E-state index >= 15 is 0 Å². The Morgan fingerprint density at radius 1 is 1.08 bits per heavy atom. The molecular weight excluding hydrogens is 435 g/mol. The number of benzene rings is 1. The zero-order valence-electron chi connectivity index (χ0n) is 15.6. The standard InChI is InChI=1S/C19H23NOS.CH3.Cs/c1-4-15-7-9-16(10-8-15)17-13(2)14(3)18(22-17)19(21)20-11-5-6-12-20;;/h7-10H,4-6,11-12H2,1-3H3;1H3;/q;-1;+1. The van der Waals surface area contributed by atoms with E-state index in [1.54, 1.807) is 11.3 Å². The summed E-state index contributed by atoms with van der Waals surface area (Å²) in [5.41, 5.74) is 4.97. The molecule has 1 amide bonds. The second-order valence-corrected chi connectivity index (χ2v) is 7.08. The molecular formula is C20H26CsNOS. The van der Waals surface area contributed by atoms with E-state index in [9.17, 15) is 4.79 Å². The minimum Gasteiger partial charge on any atom is -0.358 e. The SMILES string of the molecule is CCc1ccc(-c2sc(C(=O)N3CCCC3)c(C)c2C)cc1.[CH3-].[Cs+]. The number of hydrogen-bond acceptors (Lipinski definition) is 2. The Labute approximate surface area is 209 Å². The van der Waals surface area contributed by atoms with Crippen LogP contribution >= 0.6 is 11.3 Å². The van der Waals surface area contributed by atoms with Gasteiger partial charge in [-0.15, -0.1) is 11.3 Å². The minimum absolute atomic E-state index is 0. The van der Waals surface area contributed by atoms with Gasteiger partial charge in [-0.3, -0.25) is 4.79 Å². The van der Waals surface area contributed by atoms with Gasteiger partial charge in [0.1, 0.15) is 0 Å². The maximum atomic E-state index is 12.7. The number of rotatable bonds is 3. The van der Waals surface area contributed by atoms with Gasteiger partial charge in [0.05, 0.1) is 4.88 Å². The average molecular weight is 461 g/mol. The number of aryl methyl sites for hydroxylation is 1. The molecule has 3 rings (SSSR count). The molecule has 2 nitrogen and oxygen atoms in total. The maximum absolute atomic E-state index is 12.7. The van der Waals surface area contributed by atoms with E-state index in [2.05, 4.69) is 45.0 Å². The van der Waals surface area contributed by atoms with Crippen molar-refractivity contribution in [3.63, 3.8) is 0 Å². The van der Waals surface area contributed by atoms with Crippen LogP contribution in [0.4, 0.5) is 0 Å². The van der Waals surface area contributed by atoms with Crippen molar-refractivity contribution in [3.8, 4) is 10.4 Å². The van der Waals surface area contributed by atoms with Crippen LogP contribution in [0.5, 0.6) is 0 Å². The fourth-order valence-corrected chi connectivity index (χ4v) is 4.32. The number of carbonyl (C=O) groups excluding carboxylic acids is 1. The van der Waals surface area contributed by atoms with E-state index in [0.717, 1.165) is 42.8 Å². The molecule has 1 aromatic carbocycles. The van der Waals surface area contributed by atoms with Crippen LogP contribution in [-0.2, 0) is 6.42 Å². The first kappa shape index (κ1) is 22.5. The maximum Gasteiger partial charge on any atom is 1.00 e. The molecule has 1 aromatic heterocycles. The number of nitrogens with zero attached hydrogens (tertiary/aromatic N) is 1. The van der Waals surface area contributed by atoms with Crippen molar-refractivity contribution in [2.75, 3.05) is 13.1 Å². The topological polar surface area (TPSA) is 20.3 Å². The zero-order valence-corrected chi connectivity index (χ0v) is 22.7. The van der Waals surface area contributed by atoms with Gasteiger partial charge in [0, 0.05) is 18.0 Å². The number of likely N-dealkylation sites (tertiary alicyclic amines) is 1. The summed E-state index contributed by atoms with van der Waals surface area (Å²) in [6.07, 6.45) is 3.34. The molecule has 0 aliphatic carbocycles. The quantitative estimate of drug-likeness (QED) is 0.643. The van der Waals surface area contributed by atoms with Crippen molar-refractivity contribution in [3.05, 3.63) is 53.3 Å². The van der Waals surface area contributed by atoms with Crippen LogP contribution in [0.15, 0.2) is 24.3 Å². The molecule has 4 heteroatoms. The van der Waals surface area contributed by atoms with Crippen LogP contribution in [0.25, 0.3) is 10.4 Å². The van der Waals surface area contributed by atoms with Gasteiger partial charge >= 0.3 is 68.9 Å². The van der Waals surface area contributed by atoms with Crippen molar-refractivity contribution in [2.24, 2.45) is 0 Å². The number of carbonyl (C=O) groups is 1. The molecule has 1 aliphatic heterocycles. The summed E-state index contributed by atoms with van der Waals surface area (Å²) in [5, 5.41) is 0. The van der Waals surface area contributed by atoms with E-state index in [-0.39, 0.29) is 82.2 Å². The van der Waals surface area contributed by atoms with E-state index < -0.39 is 0 Å². The number of hydrogen-bond donors (Lipinski definition) is 0. The molecule has 2 heterocycles. The minimum atomic E-state index is 0. The molecule has 0 spiro atoms. The Morgan fingerprint density at radius 3 is 2.21 bits per heavy atom. The van der Waals surface area contributed by atoms with Crippen molar-refractivity contribution >= 4 is 17.2 Å². The zero-order chi connectivity index (χ0) is 15.7. The van der Waals surface area contributed by atoms with Crippen LogP contribution in [0.2, 0.25) is 0 Å². The molecule has 124 valence electrons. The summed E-state index contributed by atoms with van der Waals surface area (Å²) in [6.45, 7) is 8.21. The molecule has 0 atom stereocenters. The van der Waals surface area contributed by atoms with Crippen LogP contribution in [0.1, 0.15) is 46.1 Å². The predicted molar refractivity (Wildman–Crippen MR) is 100 cm³/mol. The molecule has 0 unspecified atom stereocenters. The molecule has 24 heavy (non-hydrogen) atoms. The van der Waals surface area contributed by atoms with Gasteiger partial charge in [-0.25, -0.2) is 0 Å². The molecule has 0 bridgehead atoms. The largest absolute Gasteiger partial charge is 1.00 e. The average Bonchev–Trinajstić information content (AvgIpc) is 3.17. The first-order valence-corrected chi connectivity index (χ1v) is 8.92. The Bertz CT molecular complexity index is 684. The monoisotopic (exact) mass is 461 g/mol. The van der Waals surface area contributed by atoms with Gasteiger partial charge in [-0.2, -0.15) is 0 Å². The second-order valence-electron chi connectivity index (χ2n) is 6.06. The number of thiophene rings is 1. The fourth-order valence-electron chi connectivity index (χ4n) is 3.03. The molecule has 1 fully saturated rings. The van der Waals surface area contributed by atoms with E-state index in [0.29, 0.717) is 0 Å². The molecule has 0 saturated carbocycles. The Morgan fingerprint density at radius 2 is 1.67 bits per heavy atom. The third-order valence-corrected chi connectivity index (χ3v) is 6.09. The van der Waals surface area contributed by atoms with Gasteiger partial charge < -0.3 is 12.3 Å². The summed E-state index contributed by atoms with van der Waals surface area (Å²) >= 11 is 1.66. The molecule has 1 aliphatic rings. The van der Waals surface area contributed by atoms with Gasteiger partial charge in [0.15, 0.2) is 0 Å². The van der Waals surface area contributed by atoms with Gasteiger partial charge in [0.25, 0.3) is 5.91 Å². The van der Waals surface area contributed by atoms with Crippen LogP contribution < -0.4 is 68.9 Å². The summed E-state index contributed by atoms with van der Waals surface area (Å²) in [7, 11) is 0. The van der Waals surface area contributed by atoms with Crippen LogP contribution in [0, 0.1) is 21.3 Å². The Kier molecular flexibility index (Phi) is 9.32.